The van der Waals surface area contributed by atoms with Gasteiger partial charge in [0.05, 0.1) is 12.6 Å². The van der Waals surface area contributed by atoms with Crippen molar-refractivity contribution in [1.29, 1.82) is 0 Å². The van der Waals surface area contributed by atoms with Crippen molar-refractivity contribution in [3.05, 3.63) is 53.0 Å². The van der Waals surface area contributed by atoms with Crippen molar-refractivity contribution in [1.82, 2.24) is 14.5 Å². The first kappa shape index (κ1) is 19.9. The summed E-state index contributed by atoms with van der Waals surface area (Å²) in [4.78, 5) is 9.62. The molecule has 154 valence electrons. The first-order valence-corrected chi connectivity index (χ1v) is 10.9. The Morgan fingerprint density at radius 2 is 1.79 bits per heavy atom. The van der Waals surface area contributed by atoms with Crippen molar-refractivity contribution in [2.24, 2.45) is 5.92 Å². The van der Waals surface area contributed by atoms with Gasteiger partial charge in [0.25, 0.3) is 0 Å². The number of aromatic nitrogens is 3. The maximum atomic E-state index is 9.65. The van der Waals surface area contributed by atoms with Gasteiger partial charge in [0.1, 0.15) is 11.3 Å². The Labute approximate surface area is 173 Å². The molecule has 2 N–H and O–H groups in total. The number of hydrogen-bond donors (Lipinski definition) is 2. The summed E-state index contributed by atoms with van der Waals surface area (Å²) in [5.41, 5.74) is 6.65. The number of anilines is 1. The number of hydrogen-bond acceptors (Lipinski definition) is 4. The third kappa shape index (κ3) is 4.45. The van der Waals surface area contributed by atoms with Crippen molar-refractivity contribution < 1.29 is 5.11 Å². The van der Waals surface area contributed by atoms with Crippen LogP contribution in [0.1, 0.15) is 55.3 Å². The average Bonchev–Trinajstić information content (AvgIpc) is 3.06. The van der Waals surface area contributed by atoms with Gasteiger partial charge in [0.15, 0.2) is 5.65 Å². The fourth-order valence-corrected chi connectivity index (χ4v) is 4.41. The Hall–Kier alpha value is -2.40. The van der Waals surface area contributed by atoms with E-state index in [1.807, 2.05) is 6.92 Å². The summed E-state index contributed by atoms with van der Waals surface area (Å²) in [5.74, 6) is 1.75. The molecule has 4 rings (SSSR count). The number of benzene rings is 1. The largest absolute Gasteiger partial charge is 0.393 e. The first-order valence-electron chi connectivity index (χ1n) is 10.9. The van der Waals surface area contributed by atoms with Crippen LogP contribution in [-0.2, 0) is 13.0 Å². The Bertz CT molecular complexity index is 969. The number of rotatable bonds is 6. The molecule has 0 unspecified atom stereocenters. The number of nitrogens with zero attached hydrogens (tertiary/aromatic N) is 3. The standard InChI is InChI=1S/C24H32N4O/c1-4-22-27-23-16(2)13-17(3)26-24(23)28(22)15-19-5-9-20(10-6-19)25-14-18-7-11-21(29)12-8-18/h5-6,9-10,13,18,21,25,29H,4,7-8,11-12,14-15H2,1-3H3/t18-,21-. The number of aryl methyl sites for hydroxylation is 3. The quantitative estimate of drug-likeness (QED) is 0.642. The molecule has 5 heteroatoms. The first-order chi connectivity index (χ1) is 14.0. The molecule has 5 nitrogen and oxygen atoms in total. The Kier molecular flexibility index (Phi) is 5.86. The third-order valence-electron chi connectivity index (χ3n) is 6.12. The van der Waals surface area contributed by atoms with Gasteiger partial charge in [-0.05, 0) is 74.8 Å². The van der Waals surface area contributed by atoms with Crippen LogP contribution in [0.5, 0.6) is 0 Å². The van der Waals surface area contributed by atoms with Crippen LogP contribution in [0.15, 0.2) is 30.3 Å². The van der Waals surface area contributed by atoms with Gasteiger partial charge in [-0.25, -0.2) is 9.97 Å². The van der Waals surface area contributed by atoms with Crippen LogP contribution >= 0.6 is 0 Å². The molecular weight excluding hydrogens is 360 g/mol. The molecule has 0 amide bonds. The molecule has 0 atom stereocenters. The number of aliphatic hydroxyl groups is 1. The monoisotopic (exact) mass is 392 g/mol. The van der Waals surface area contributed by atoms with E-state index in [4.69, 9.17) is 9.97 Å². The molecule has 1 fully saturated rings. The molecular formula is C24H32N4O. The second kappa shape index (κ2) is 8.54. The number of fused-ring (bicyclic) bond motifs is 1. The maximum absolute atomic E-state index is 9.65. The number of imidazole rings is 1. The third-order valence-corrected chi connectivity index (χ3v) is 6.12. The van der Waals surface area contributed by atoms with Gasteiger partial charge in [-0.2, -0.15) is 0 Å². The van der Waals surface area contributed by atoms with Gasteiger partial charge in [-0.3, -0.25) is 0 Å². The van der Waals surface area contributed by atoms with Crippen molar-refractivity contribution in [3.63, 3.8) is 0 Å². The average molecular weight is 393 g/mol. The highest BCUT2D eigenvalue weighted by molar-refractivity contribution is 5.76. The van der Waals surface area contributed by atoms with Crippen LogP contribution in [0.25, 0.3) is 11.2 Å². The zero-order valence-electron chi connectivity index (χ0n) is 17.8. The zero-order chi connectivity index (χ0) is 20.4. The molecule has 2 heterocycles. The number of nitrogens with one attached hydrogen (secondary N) is 1. The van der Waals surface area contributed by atoms with E-state index in [0.717, 1.165) is 73.6 Å². The van der Waals surface area contributed by atoms with E-state index in [-0.39, 0.29) is 6.10 Å². The molecule has 0 spiro atoms. The summed E-state index contributed by atoms with van der Waals surface area (Å²) in [6, 6.07) is 10.8. The highest BCUT2D eigenvalue weighted by Gasteiger charge is 2.19. The van der Waals surface area contributed by atoms with Crippen molar-refractivity contribution in [2.45, 2.75) is 65.5 Å². The smallest absolute Gasteiger partial charge is 0.160 e. The van der Waals surface area contributed by atoms with E-state index >= 15 is 0 Å². The van der Waals surface area contributed by atoms with E-state index in [0.29, 0.717) is 5.92 Å². The van der Waals surface area contributed by atoms with Gasteiger partial charge in [-0.15, -0.1) is 0 Å². The molecule has 0 bridgehead atoms. The van der Waals surface area contributed by atoms with Crippen LogP contribution in [0.3, 0.4) is 0 Å². The Morgan fingerprint density at radius 1 is 1.07 bits per heavy atom. The molecule has 0 radical (unpaired) electrons. The van der Waals surface area contributed by atoms with Crippen LogP contribution in [0.4, 0.5) is 5.69 Å². The van der Waals surface area contributed by atoms with E-state index in [1.54, 1.807) is 0 Å². The summed E-state index contributed by atoms with van der Waals surface area (Å²) >= 11 is 0. The van der Waals surface area contributed by atoms with Crippen molar-refractivity contribution >= 4 is 16.9 Å². The topological polar surface area (TPSA) is 63.0 Å². The van der Waals surface area contributed by atoms with E-state index in [2.05, 4.69) is 54.1 Å². The lowest BCUT2D eigenvalue weighted by Gasteiger charge is -2.25. The molecule has 1 aromatic carbocycles. The minimum Gasteiger partial charge on any atom is -0.393 e. The fourth-order valence-electron chi connectivity index (χ4n) is 4.41. The lowest BCUT2D eigenvalue weighted by atomic mass is 9.87. The Balaban J connectivity index is 1.46. The molecule has 2 aromatic heterocycles. The van der Waals surface area contributed by atoms with Crippen LogP contribution in [0.2, 0.25) is 0 Å². The van der Waals surface area contributed by atoms with Gasteiger partial charge < -0.3 is 15.0 Å². The van der Waals surface area contributed by atoms with Gasteiger partial charge in [0, 0.05) is 24.3 Å². The second-order valence-electron chi connectivity index (χ2n) is 8.47. The predicted molar refractivity (Wildman–Crippen MR) is 118 cm³/mol. The summed E-state index contributed by atoms with van der Waals surface area (Å²) in [6.07, 6.45) is 4.93. The highest BCUT2D eigenvalue weighted by atomic mass is 16.3. The van der Waals surface area contributed by atoms with E-state index < -0.39 is 0 Å². The molecule has 29 heavy (non-hydrogen) atoms. The lowest BCUT2D eigenvalue weighted by Crippen LogP contribution is -2.23. The van der Waals surface area contributed by atoms with Crippen molar-refractivity contribution in [3.8, 4) is 0 Å². The summed E-state index contributed by atoms with van der Waals surface area (Å²) < 4.78 is 2.26. The number of aliphatic hydroxyl groups excluding tert-OH is 1. The zero-order valence-corrected chi connectivity index (χ0v) is 17.8. The van der Waals surface area contributed by atoms with Gasteiger partial charge >= 0.3 is 0 Å². The molecule has 0 saturated heterocycles. The molecule has 0 aliphatic heterocycles. The molecule has 1 aliphatic carbocycles. The second-order valence-corrected chi connectivity index (χ2v) is 8.47. The van der Waals surface area contributed by atoms with Gasteiger partial charge in [-0.1, -0.05) is 19.1 Å². The minimum absolute atomic E-state index is 0.0835. The fraction of sp³-hybridized carbons (Fsp3) is 0.500. The minimum atomic E-state index is -0.0835. The normalized spacial score (nSPS) is 19.6. The molecule has 3 aromatic rings. The number of pyridine rings is 1. The van der Waals surface area contributed by atoms with Crippen LogP contribution in [-0.4, -0.2) is 32.3 Å². The summed E-state index contributed by atoms with van der Waals surface area (Å²) in [6.45, 7) is 8.08. The maximum Gasteiger partial charge on any atom is 0.160 e. The van der Waals surface area contributed by atoms with Crippen LogP contribution in [0, 0.1) is 19.8 Å². The van der Waals surface area contributed by atoms with E-state index in [1.165, 1.54) is 11.1 Å². The lowest BCUT2D eigenvalue weighted by molar-refractivity contribution is 0.111. The SMILES string of the molecule is CCc1nc2c(C)cc(C)nc2n1Cc1ccc(NC[C@H]2CC[C@H](O)CC2)cc1. The molecule has 1 aliphatic rings. The predicted octanol–water partition coefficient (Wildman–Crippen LogP) is 4.62. The summed E-state index contributed by atoms with van der Waals surface area (Å²) in [7, 11) is 0. The highest BCUT2D eigenvalue weighted by Crippen LogP contribution is 2.25. The van der Waals surface area contributed by atoms with Crippen molar-refractivity contribution in [2.75, 3.05) is 11.9 Å². The van der Waals surface area contributed by atoms with Crippen LogP contribution < -0.4 is 5.32 Å². The van der Waals surface area contributed by atoms with E-state index in [9.17, 15) is 5.11 Å². The molecule has 1 saturated carbocycles. The summed E-state index contributed by atoms with van der Waals surface area (Å²) in [5, 5.41) is 13.2. The van der Waals surface area contributed by atoms with Gasteiger partial charge in [0.2, 0.25) is 0 Å². The Morgan fingerprint density at radius 3 is 2.48 bits per heavy atom.